The minimum atomic E-state index is -0.425. The van der Waals surface area contributed by atoms with Crippen molar-refractivity contribution in [2.75, 3.05) is 6.61 Å². The summed E-state index contributed by atoms with van der Waals surface area (Å²) in [6, 6.07) is 0. The van der Waals surface area contributed by atoms with Gasteiger partial charge in [0.15, 0.2) is 0 Å². The van der Waals surface area contributed by atoms with Crippen molar-refractivity contribution in [3.05, 3.63) is 9.70 Å². The van der Waals surface area contributed by atoms with Gasteiger partial charge in [0.25, 0.3) is 0 Å². The van der Waals surface area contributed by atoms with E-state index in [4.69, 9.17) is 4.74 Å². The van der Waals surface area contributed by atoms with Crippen LogP contribution in [0.2, 0.25) is 4.47 Å². The van der Waals surface area contributed by atoms with Gasteiger partial charge in [-0.25, -0.2) is 0 Å². The Bertz CT molecular complexity index is 444. The fourth-order valence-electron chi connectivity index (χ4n) is 4.35. The van der Waals surface area contributed by atoms with E-state index >= 15 is 0 Å². The summed E-state index contributed by atoms with van der Waals surface area (Å²) in [7, 11) is 0. The summed E-state index contributed by atoms with van der Waals surface area (Å²) in [4.78, 5) is 11.7. The topological polar surface area (TPSA) is 46.5 Å². The molecule has 4 heteroatoms. The Morgan fingerprint density at radius 2 is 2.14 bits per heavy atom. The molecule has 2 fully saturated rings. The van der Waals surface area contributed by atoms with Crippen LogP contribution in [-0.4, -0.2) is 44.7 Å². The molecule has 2 saturated carbocycles. The Morgan fingerprint density at radius 1 is 1.41 bits per heavy atom. The predicted octanol–water partition coefficient (Wildman–Crippen LogP) is 3.54. The first kappa shape index (κ1) is 18.3. The molecule has 3 atom stereocenters. The fraction of sp³-hybridized carbons (Fsp3) is 0.833. The molecule has 2 aliphatic carbocycles. The number of ether oxygens (including phenoxy) is 1. The summed E-state index contributed by atoms with van der Waals surface area (Å²) < 4.78 is 7.49. The van der Waals surface area contributed by atoms with Crippen molar-refractivity contribution in [2.45, 2.75) is 70.4 Å². The zero-order valence-corrected chi connectivity index (χ0v) is 16.7. The van der Waals surface area contributed by atoms with E-state index in [1.54, 1.807) is 6.08 Å². The summed E-state index contributed by atoms with van der Waals surface area (Å²) >= 11 is -0.425. The van der Waals surface area contributed by atoms with Gasteiger partial charge in [0.05, 0.1) is 0 Å². The summed E-state index contributed by atoms with van der Waals surface area (Å²) in [6.45, 7) is 9.14. The van der Waals surface area contributed by atoms with Crippen molar-refractivity contribution in [1.82, 2.24) is 0 Å². The van der Waals surface area contributed by atoms with E-state index in [2.05, 4.69) is 20.8 Å². The van der Waals surface area contributed by atoms with Gasteiger partial charge in [-0.05, 0) is 0 Å². The monoisotopic (exact) mass is 424 g/mol. The Labute approximate surface area is 145 Å². The van der Waals surface area contributed by atoms with Crippen molar-refractivity contribution >= 4 is 26.9 Å². The van der Waals surface area contributed by atoms with Crippen LogP contribution in [0.4, 0.5) is 0 Å². The molecule has 126 valence electrons. The predicted molar refractivity (Wildman–Crippen MR) is 89.7 cm³/mol. The Hall–Kier alpha value is -0.0404. The molecule has 0 spiro atoms. The quantitative estimate of drug-likeness (QED) is 0.388. The molecule has 1 N–H and O–H groups in total. The third-order valence-corrected chi connectivity index (χ3v) is 9.82. The molecule has 0 saturated heterocycles. The van der Waals surface area contributed by atoms with Gasteiger partial charge < -0.3 is 0 Å². The van der Waals surface area contributed by atoms with Crippen molar-refractivity contribution < 1.29 is 14.6 Å². The van der Waals surface area contributed by atoms with E-state index < -0.39 is 20.9 Å². The first-order valence-corrected chi connectivity index (χ1v) is 11.4. The number of hydrogen-bond acceptors (Lipinski definition) is 3. The van der Waals surface area contributed by atoms with Gasteiger partial charge in [-0.2, -0.15) is 0 Å². The molecule has 0 aliphatic heterocycles. The number of hydrogen-bond donors (Lipinski definition) is 1. The van der Waals surface area contributed by atoms with E-state index in [1.165, 1.54) is 10.0 Å². The van der Waals surface area contributed by atoms with Crippen LogP contribution < -0.4 is 0 Å². The average Bonchev–Trinajstić information content (AvgIpc) is 2.79. The first-order valence-electron chi connectivity index (χ1n) is 8.55. The number of esters is 1. The molecule has 2 bridgehead atoms. The van der Waals surface area contributed by atoms with Crippen LogP contribution >= 0.6 is 0 Å². The van der Waals surface area contributed by atoms with Crippen molar-refractivity contribution in [3.8, 4) is 0 Å². The molecule has 0 aromatic carbocycles. The fourth-order valence-corrected chi connectivity index (χ4v) is 9.14. The molecule has 0 aromatic heterocycles. The number of carbonyl (C=O) groups excluding carboxylic acids is 1. The van der Waals surface area contributed by atoms with E-state index in [1.807, 2.05) is 6.92 Å². The average molecular weight is 422 g/mol. The molecule has 0 heterocycles. The molecule has 3 unspecified atom stereocenters. The van der Waals surface area contributed by atoms with Gasteiger partial charge in [0, 0.05) is 0 Å². The maximum absolute atomic E-state index is 11.7. The SMILES string of the molecule is CCC/C(=C/C(=O)OCC)[Te]CC12CCC(CC1O)C2(C)C. The Morgan fingerprint density at radius 3 is 2.64 bits per heavy atom. The van der Waals surface area contributed by atoms with Gasteiger partial charge in [0.2, 0.25) is 0 Å². The molecule has 0 amide bonds. The van der Waals surface area contributed by atoms with Gasteiger partial charge >= 0.3 is 145 Å². The summed E-state index contributed by atoms with van der Waals surface area (Å²) in [5.74, 6) is 0.489. The summed E-state index contributed by atoms with van der Waals surface area (Å²) in [5.41, 5.74) is 0.347. The summed E-state index contributed by atoms with van der Waals surface area (Å²) in [6.07, 6.45) is 7.07. The van der Waals surface area contributed by atoms with Crippen LogP contribution in [-0.2, 0) is 9.53 Å². The van der Waals surface area contributed by atoms with Crippen LogP contribution in [0.5, 0.6) is 0 Å². The third kappa shape index (κ3) is 3.25. The zero-order valence-electron chi connectivity index (χ0n) is 14.4. The van der Waals surface area contributed by atoms with Crippen LogP contribution in [0.1, 0.15) is 59.8 Å². The van der Waals surface area contributed by atoms with Crippen molar-refractivity contribution in [3.63, 3.8) is 0 Å². The van der Waals surface area contributed by atoms with E-state index in [0.29, 0.717) is 12.5 Å². The Balaban J connectivity index is 2.07. The number of carbonyl (C=O) groups is 1. The standard InChI is InChI=1S/C18H30O3Te/c1-5-7-14(11-16(20)21-6-2)22-12-18-9-8-13(10-15(18)19)17(18,3)4/h11,13,15,19H,5-10,12H2,1-4H3/b14-11-. The number of fused-ring (bicyclic) bond motifs is 2. The van der Waals surface area contributed by atoms with Gasteiger partial charge in [0.1, 0.15) is 0 Å². The molecule has 3 nitrogen and oxygen atoms in total. The molecule has 0 radical (unpaired) electrons. The van der Waals surface area contributed by atoms with Crippen LogP contribution in [0, 0.1) is 16.7 Å². The normalized spacial score (nSPS) is 33.2. The number of allylic oxidation sites excluding steroid dienone is 1. The Kier molecular flexibility index (Phi) is 6.02. The van der Waals surface area contributed by atoms with E-state index in [9.17, 15) is 9.90 Å². The number of aliphatic hydroxyl groups excluding tert-OH is 1. The molecular formula is C18H30O3Te. The van der Waals surface area contributed by atoms with Gasteiger partial charge in [-0.15, -0.1) is 0 Å². The number of rotatable bonds is 7. The second-order valence-electron chi connectivity index (χ2n) is 7.27. The first-order chi connectivity index (χ1) is 10.4. The molecule has 0 aromatic rings. The summed E-state index contributed by atoms with van der Waals surface area (Å²) in [5, 5.41) is 10.6. The van der Waals surface area contributed by atoms with Crippen LogP contribution in [0.25, 0.3) is 0 Å². The van der Waals surface area contributed by atoms with Crippen molar-refractivity contribution in [2.24, 2.45) is 16.7 Å². The van der Waals surface area contributed by atoms with Gasteiger partial charge in [-0.3, -0.25) is 0 Å². The minimum absolute atomic E-state index is 0.0986. The zero-order chi connectivity index (χ0) is 16.4. The second-order valence-corrected chi connectivity index (χ2v) is 10.4. The molecule has 22 heavy (non-hydrogen) atoms. The van der Waals surface area contributed by atoms with Gasteiger partial charge in [-0.1, -0.05) is 0 Å². The second kappa shape index (κ2) is 7.24. The van der Waals surface area contributed by atoms with Crippen molar-refractivity contribution in [1.29, 1.82) is 0 Å². The molecular weight excluding hydrogens is 392 g/mol. The third-order valence-electron chi connectivity index (χ3n) is 5.97. The van der Waals surface area contributed by atoms with Crippen LogP contribution in [0.15, 0.2) is 9.70 Å². The van der Waals surface area contributed by atoms with E-state index in [-0.39, 0.29) is 22.9 Å². The van der Waals surface area contributed by atoms with Crippen LogP contribution in [0.3, 0.4) is 0 Å². The molecule has 2 aliphatic rings. The maximum atomic E-state index is 11.7. The number of aliphatic hydroxyl groups is 1. The van der Waals surface area contributed by atoms with E-state index in [0.717, 1.165) is 30.2 Å². The molecule has 2 rings (SSSR count).